The molecule has 3 aromatic rings. The summed E-state index contributed by atoms with van der Waals surface area (Å²) >= 11 is 0. The van der Waals surface area contributed by atoms with E-state index in [9.17, 15) is 4.39 Å². The summed E-state index contributed by atoms with van der Waals surface area (Å²) in [5.74, 6) is 0.397. The lowest BCUT2D eigenvalue weighted by molar-refractivity contribution is 0.216. The Bertz CT molecular complexity index is 738. The Kier molecular flexibility index (Phi) is 3.79. The van der Waals surface area contributed by atoms with E-state index >= 15 is 0 Å². The van der Waals surface area contributed by atoms with Gasteiger partial charge >= 0.3 is 0 Å². The molecule has 2 N–H and O–H groups in total. The molecule has 3 nitrogen and oxygen atoms in total. The Morgan fingerprint density at radius 3 is 2.57 bits per heavy atom. The quantitative estimate of drug-likeness (QED) is 0.797. The predicted molar refractivity (Wildman–Crippen MR) is 80.6 cm³/mol. The van der Waals surface area contributed by atoms with Crippen molar-refractivity contribution >= 4 is 10.9 Å². The van der Waals surface area contributed by atoms with Crippen LogP contribution in [0, 0.1) is 5.82 Å². The molecule has 0 saturated carbocycles. The van der Waals surface area contributed by atoms with Gasteiger partial charge in [0.25, 0.3) is 0 Å². The number of hydrogen-bond donors (Lipinski definition) is 1. The standard InChI is InChI=1S/C17H15FN2O/c18-14-8-6-12(7-9-14)16(11-19)21-15-5-1-3-13-4-2-10-20-17(13)15/h1-10,16H,11,19H2. The van der Waals surface area contributed by atoms with Crippen molar-refractivity contribution in [2.24, 2.45) is 5.73 Å². The van der Waals surface area contributed by atoms with E-state index in [4.69, 9.17) is 10.5 Å². The normalized spacial score (nSPS) is 12.3. The lowest BCUT2D eigenvalue weighted by atomic mass is 10.1. The van der Waals surface area contributed by atoms with Crippen LogP contribution in [0.25, 0.3) is 10.9 Å². The van der Waals surface area contributed by atoms with Crippen molar-refractivity contribution in [3.8, 4) is 5.75 Å². The molecule has 21 heavy (non-hydrogen) atoms. The van der Waals surface area contributed by atoms with Crippen molar-refractivity contribution in [3.63, 3.8) is 0 Å². The van der Waals surface area contributed by atoms with Gasteiger partial charge in [-0.05, 0) is 29.8 Å². The molecule has 1 aromatic heterocycles. The van der Waals surface area contributed by atoms with Gasteiger partial charge in [0.15, 0.2) is 0 Å². The van der Waals surface area contributed by atoms with Gasteiger partial charge in [0.2, 0.25) is 0 Å². The van der Waals surface area contributed by atoms with Crippen LogP contribution in [-0.4, -0.2) is 11.5 Å². The zero-order chi connectivity index (χ0) is 14.7. The van der Waals surface area contributed by atoms with Gasteiger partial charge in [-0.2, -0.15) is 0 Å². The minimum absolute atomic E-state index is 0.277. The van der Waals surface area contributed by atoms with E-state index in [2.05, 4.69) is 4.98 Å². The highest BCUT2D eigenvalue weighted by Gasteiger charge is 2.13. The smallest absolute Gasteiger partial charge is 0.146 e. The number of pyridine rings is 1. The van der Waals surface area contributed by atoms with E-state index in [1.54, 1.807) is 18.3 Å². The fourth-order valence-electron chi connectivity index (χ4n) is 2.25. The van der Waals surface area contributed by atoms with E-state index in [1.807, 2.05) is 30.3 Å². The molecule has 0 aliphatic rings. The highest BCUT2D eigenvalue weighted by molar-refractivity contribution is 5.84. The van der Waals surface area contributed by atoms with Crippen LogP contribution in [-0.2, 0) is 0 Å². The van der Waals surface area contributed by atoms with Gasteiger partial charge in [-0.25, -0.2) is 4.39 Å². The van der Waals surface area contributed by atoms with Gasteiger partial charge in [0.1, 0.15) is 23.2 Å². The molecule has 0 saturated heterocycles. The molecule has 0 bridgehead atoms. The number of aromatic nitrogens is 1. The maximum Gasteiger partial charge on any atom is 0.146 e. The Hall–Kier alpha value is -2.46. The van der Waals surface area contributed by atoms with Crippen LogP contribution in [0.1, 0.15) is 11.7 Å². The zero-order valence-corrected chi connectivity index (χ0v) is 11.4. The van der Waals surface area contributed by atoms with Crippen molar-refractivity contribution in [3.05, 3.63) is 72.2 Å². The number of hydrogen-bond acceptors (Lipinski definition) is 3. The average molecular weight is 282 g/mol. The lowest BCUT2D eigenvalue weighted by Gasteiger charge is -2.18. The molecule has 3 rings (SSSR count). The molecular weight excluding hydrogens is 267 g/mol. The average Bonchev–Trinajstić information content (AvgIpc) is 2.54. The summed E-state index contributed by atoms with van der Waals surface area (Å²) in [6, 6.07) is 15.8. The molecule has 106 valence electrons. The number of halogens is 1. The third kappa shape index (κ3) is 2.85. The van der Waals surface area contributed by atoms with Gasteiger partial charge in [-0.1, -0.05) is 30.3 Å². The largest absolute Gasteiger partial charge is 0.482 e. The summed E-state index contributed by atoms with van der Waals surface area (Å²) in [5.41, 5.74) is 7.43. The van der Waals surface area contributed by atoms with Crippen LogP contribution >= 0.6 is 0 Å². The van der Waals surface area contributed by atoms with E-state index in [1.165, 1.54) is 12.1 Å². The number of nitrogens with zero attached hydrogens (tertiary/aromatic N) is 1. The van der Waals surface area contributed by atoms with Gasteiger partial charge in [0.05, 0.1) is 0 Å². The first-order valence-electron chi connectivity index (χ1n) is 6.74. The van der Waals surface area contributed by atoms with E-state index in [0.717, 1.165) is 16.5 Å². The van der Waals surface area contributed by atoms with Crippen LogP contribution in [0.2, 0.25) is 0 Å². The molecule has 0 spiro atoms. The third-order valence-electron chi connectivity index (χ3n) is 3.32. The zero-order valence-electron chi connectivity index (χ0n) is 11.4. The molecule has 1 unspecified atom stereocenters. The topological polar surface area (TPSA) is 48.1 Å². The Morgan fingerprint density at radius 2 is 1.81 bits per heavy atom. The SMILES string of the molecule is NCC(Oc1cccc2cccnc12)c1ccc(F)cc1. The molecular formula is C17H15FN2O. The second-order valence-corrected chi connectivity index (χ2v) is 4.73. The molecule has 1 heterocycles. The molecule has 0 fully saturated rings. The molecule has 4 heteroatoms. The van der Waals surface area contributed by atoms with Crippen molar-refractivity contribution in [1.82, 2.24) is 4.98 Å². The third-order valence-corrected chi connectivity index (χ3v) is 3.32. The van der Waals surface area contributed by atoms with Gasteiger partial charge in [-0.3, -0.25) is 4.98 Å². The fraction of sp³-hybridized carbons (Fsp3) is 0.118. The van der Waals surface area contributed by atoms with Gasteiger partial charge in [-0.15, -0.1) is 0 Å². The van der Waals surface area contributed by atoms with Gasteiger partial charge in [0, 0.05) is 18.1 Å². The minimum Gasteiger partial charge on any atom is -0.482 e. The lowest BCUT2D eigenvalue weighted by Crippen LogP contribution is -2.18. The number of para-hydroxylation sites is 1. The number of benzene rings is 2. The van der Waals surface area contributed by atoms with E-state index < -0.39 is 0 Å². The Balaban J connectivity index is 1.94. The highest BCUT2D eigenvalue weighted by atomic mass is 19.1. The summed E-state index contributed by atoms with van der Waals surface area (Å²) in [6.45, 7) is 0.300. The maximum absolute atomic E-state index is 13.0. The monoisotopic (exact) mass is 282 g/mol. The van der Waals surface area contributed by atoms with Crippen LogP contribution in [0.15, 0.2) is 60.8 Å². The first kappa shape index (κ1) is 13.5. The maximum atomic E-state index is 13.0. The van der Waals surface area contributed by atoms with Crippen molar-refractivity contribution in [1.29, 1.82) is 0 Å². The molecule has 0 aliphatic heterocycles. The Morgan fingerprint density at radius 1 is 1.05 bits per heavy atom. The second kappa shape index (κ2) is 5.89. The van der Waals surface area contributed by atoms with Crippen molar-refractivity contribution < 1.29 is 9.13 Å². The number of ether oxygens (including phenoxy) is 1. The number of nitrogens with two attached hydrogens (primary N) is 1. The predicted octanol–water partition coefficient (Wildman–Crippen LogP) is 3.45. The van der Waals surface area contributed by atoms with Crippen LogP contribution < -0.4 is 10.5 Å². The fourth-order valence-corrected chi connectivity index (χ4v) is 2.25. The summed E-state index contributed by atoms with van der Waals surface area (Å²) in [5, 5.41) is 1.00. The first-order valence-corrected chi connectivity index (χ1v) is 6.74. The van der Waals surface area contributed by atoms with E-state index in [0.29, 0.717) is 12.3 Å². The van der Waals surface area contributed by atoms with Crippen molar-refractivity contribution in [2.45, 2.75) is 6.10 Å². The summed E-state index contributed by atoms with van der Waals surface area (Å²) < 4.78 is 19.0. The van der Waals surface area contributed by atoms with Crippen molar-refractivity contribution in [2.75, 3.05) is 6.54 Å². The molecule has 0 radical (unpaired) electrons. The van der Waals surface area contributed by atoms with Crippen LogP contribution in [0.5, 0.6) is 5.75 Å². The van der Waals surface area contributed by atoms with Gasteiger partial charge < -0.3 is 10.5 Å². The molecule has 1 atom stereocenters. The van der Waals surface area contributed by atoms with Crippen LogP contribution in [0.3, 0.4) is 0 Å². The Labute approximate surface area is 122 Å². The summed E-state index contributed by atoms with van der Waals surface area (Å²) in [4.78, 5) is 4.35. The minimum atomic E-state index is -0.335. The molecule has 0 aliphatic carbocycles. The number of fused-ring (bicyclic) bond motifs is 1. The molecule has 2 aromatic carbocycles. The highest BCUT2D eigenvalue weighted by Crippen LogP contribution is 2.27. The first-order chi connectivity index (χ1) is 10.3. The summed E-state index contributed by atoms with van der Waals surface area (Å²) in [6.07, 6.45) is 1.39. The second-order valence-electron chi connectivity index (χ2n) is 4.73. The van der Waals surface area contributed by atoms with E-state index in [-0.39, 0.29) is 11.9 Å². The molecule has 0 amide bonds. The summed E-state index contributed by atoms with van der Waals surface area (Å²) in [7, 11) is 0. The van der Waals surface area contributed by atoms with Crippen LogP contribution in [0.4, 0.5) is 4.39 Å². The number of rotatable bonds is 4.